The maximum Gasteiger partial charge on any atom is 0.341 e. The molecule has 0 radical (unpaired) electrons. The van der Waals surface area contributed by atoms with Gasteiger partial charge in [-0.2, -0.15) is 4.31 Å². The van der Waals surface area contributed by atoms with Crippen molar-refractivity contribution < 1.29 is 27.1 Å². The minimum Gasteiger partial charge on any atom is -0.451 e. The van der Waals surface area contributed by atoms with Crippen molar-refractivity contribution in [3.63, 3.8) is 0 Å². The molecule has 1 atom stereocenters. The molecule has 0 saturated carbocycles. The molecule has 0 fully saturated rings. The molecular weight excluding hydrogens is 421 g/mol. The molecule has 31 heavy (non-hydrogen) atoms. The fraction of sp³-hybridized carbons (Fsp3) is 0.391. The summed E-state index contributed by atoms with van der Waals surface area (Å²) in [6, 6.07) is 8.41. The van der Waals surface area contributed by atoms with E-state index in [2.05, 4.69) is 0 Å². The Kier molecular flexibility index (Phi) is 6.91. The van der Waals surface area contributed by atoms with Gasteiger partial charge in [0.15, 0.2) is 6.10 Å². The maximum absolute atomic E-state index is 14.3. The van der Waals surface area contributed by atoms with Crippen molar-refractivity contribution in [1.82, 2.24) is 4.31 Å². The van der Waals surface area contributed by atoms with Crippen LogP contribution < -0.4 is 0 Å². The highest BCUT2D eigenvalue weighted by Crippen LogP contribution is 2.24. The lowest BCUT2D eigenvalue weighted by molar-refractivity contribution is 0.0314. The molecule has 0 bridgehead atoms. The van der Waals surface area contributed by atoms with Crippen LogP contribution in [0.15, 0.2) is 41.3 Å². The number of Topliss-reactive ketones (excluding diaryl/α,β-unsaturated/α-hetero) is 1. The predicted molar refractivity (Wildman–Crippen MR) is 114 cm³/mol. The number of ketones is 1. The zero-order valence-corrected chi connectivity index (χ0v) is 18.7. The highest BCUT2D eigenvalue weighted by atomic mass is 32.2. The van der Waals surface area contributed by atoms with E-state index in [0.717, 1.165) is 43.0 Å². The topological polar surface area (TPSA) is 80.8 Å². The van der Waals surface area contributed by atoms with Crippen LogP contribution >= 0.6 is 0 Å². The second-order valence-electron chi connectivity index (χ2n) is 7.48. The number of nitrogens with zero attached hydrogens (tertiary/aromatic N) is 1. The van der Waals surface area contributed by atoms with E-state index in [9.17, 15) is 22.4 Å². The molecule has 1 aliphatic carbocycles. The molecule has 0 N–H and O–H groups in total. The first kappa shape index (κ1) is 23.1. The van der Waals surface area contributed by atoms with Gasteiger partial charge in [-0.1, -0.05) is 26.0 Å². The number of sulfonamides is 1. The molecule has 1 aliphatic rings. The number of hydrogen-bond acceptors (Lipinski definition) is 5. The van der Waals surface area contributed by atoms with Gasteiger partial charge < -0.3 is 4.74 Å². The Morgan fingerprint density at radius 2 is 1.74 bits per heavy atom. The lowest BCUT2D eigenvalue weighted by atomic mass is 10.0. The Morgan fingerprint density at radius 1 is 1.06 bits per heavy atom. The van der Waals surface area contributed by atoms with Crippen molar-refractivity contribution in [2.24, 2.45) is 0 Å². The number of hydrogen-bond donors (Lipinski definition) is 0. The van der Waals surface area contributed by atoms with E-state index in [0.29, 0.717) is 5.56 Å². The third-order valence-corrected chi connectivity index (χ3v) is 7.58. The Balaban J connectivity index is 1.80. The normalized spacial score (nSPS) is 14.4. The first-order valence-corrected chi connectivity index (χ1v) is 11.8. The quantitative estimate of drug-likeness (QED) is 0.455. The minimum atomic E-state index is -3.88. The summed E-state index contributed by atoms with van der Waals surface area (Å²) < 4.78 is 46.1. The predicted octanol–water partition coefficient (Wildman–Crippen LogP) is 3.77. The summed E-state index contributed by atoms with van der Waals surface area (Å²) >= 11 is 0. The third kappa shape index (κ3) is 4.70. The number of halogens is 1. The van der Waals surface area contributed by atoms with Crippen LogP contribution in [0.1, 0.15) is 59.0 Å². The van der Waals surface area contributed by atoms with E-state index in [1.54, 1.807) is 19.9 Å². The number of ether oxygens (including phenoxy) is 1. The van der Waals surface area contributed by atoms with Crippen LogP contribution in [-0.2, 0) is 27.6 Å². The van der Waals surface area contributed by atoms with Gasteiger partial charge >= 0.3 is 5.97 Å². The fourth-order valence-electron chi connectivity index (χ4n) is 3.77. The van der Waals surface area contributed by atoms with Crippen molar-refractivity contribution in [2.75, 3.05) is 13.1 Å². The largest absolute Gasteiger partial charge is 0.451 e. The molecule has 0 heterocycles. The van der Waals surface area contributed by atoms with Gasteiger partial charge in [0.25, 0.3) is 0 Å². The Hall–Kier alpha value is -2.58. The van der Waals surface area contributed by atoms with Gasteiger partial charge in [0, 0.05) is 18.7 Å². The first-order chi connectivity index (χ1) is 14.7. The number of rotatable bonds is 8. The fourth-order valence-corrected chi connectivity index (χ4v) is 5.26. The molecule has 0 amide bonds. The van der Waals surface area contributed by atoms with Gasteiger partial charge in [-0.15, -0.1) is 0 Å². The highest BCUT2D eigenvalue weighted by molar-refractivity contribution is 7.89. The average molecular weight is 448 g/mol. The van der Waals surface area contributed by atoms with E-state index >= 15 is 0 Å². The summed E-state index contributed by atoms with van der Waals surface area (Å²) in [5.41, 5.74) is 2.24. The molecule has 166 valence electrons. The zero-order chi connectivity index (χ0) is 22.8. The number of carbonyl (C=O) groups excluding carboxylic acids is 2. The van der Waals surface area contributed by atoms with E-state index in [-0.39, 0.29) is 18.0 Å². The van der Waals surface area contributed by atoms with Crippen LogP contribution in [0.4, 0.5) is 4.39 Å². The van der Waals surface area contributed by atoms with Crippen LogP contribution in [-0.4, -0.2) is 43.7 Å². The van der Waals surface area contributed by atoms with Crippen molar-refractivity contribution in [3.05, 3.63) is 64.5 Å². The third-order valence-electron chi connectivity index (χ3n) is 5.54. The number of carbonyl (C=O) groups is 2. The second-order valence-corrected chi connectivity index (χ2v) is 9.42. The van der Waals surface area contributed by atoms with Crippen LogP contribution in [0.5, 0.6) is 0 Å². The summed E-state index contributed by atoms with van der Waals surface area (Å²) in [6.07, 6.45) is 1.79. The first-order valence-electron chi connectivity index (χ1n) is 10.4. The van der Waals surface area contributed by atoms with Gasteiger partial charge in [0.05, 0.1) is 10.5 Å². The Labute approximate surface area is 182 Å². The maximum atomic E-state index is 14.3. The van der Waals surface area contributed by atoms with Gasteiger partial charge in [-0.3, -0.25) is 4.79 Å². The van der Waals surface area contributed by atoms with E-state index in [1.165, 1.54) is 16.8 Å². The standard InChI is InChI=1S/C23H26FNO5S/c1-4-25(5-2)31(28,29)19-11-12-21(24)20(14-19)23(27)30-15(3)22(26)18-10-9-16-7-6-8-17(16)13-18/h9-15H,4-8H2,1-3H3. The number of benzene rings is 2. The molecule has 0 saturated heterocycles. The van der Waals surface area contributed by atoms with Crippen molar-refractivity contribution in [1.29, 1.82) is 0 Å². The molecule has 8 heteroatoms. The molecule has 1 unspecified atom stereocenters. The summed E-state index contributed by atoms with van der Waals surface area (Å²) in [5, 5.41) is 0. The number of aryl methyl sites for hydroxylation is 2. The lowest BCUT2D eigenvalue weighted by Gasteiger charge is -2.19. The van der Waals surface area contributed by atoms with Gasteiger partial charge in [0.1, 0.15) is 5.82 Å². The van der Waals surface area contributed by atoms with Crippen molar-refractivity contribution >= 4 is 21.8 Å². The zero-order valence-electron chi connectivity index (χ0n) is 17.9. The van der Waals surface area contributed by atoms with Gasteiger partial charge in [0.2, 0.25) is 15.8 Å². The van der Waals surface area contributed by atoms with E-state index in [1.807, 2.05) is 12.1 Å². The molecule has 0 aliphatic heterocycles. The SMILES string of the molecule is CCN(CC)S(=O)(=O)c1ccc(F)c(C(=O)OC(C)C(=O)c2ccc3c(c2)CCC3)c1. The molecule has 0 spiro atoms. The average Bonchev–Trinajstić information content (AvgIpc) is 3.21. The van der Waals surface area contributed by atoms with Crippen LogP contribution in [0, 0.1) is 5.82 Å². The summed E-state index contributed by atoms with van der Waals surface area (Å²) in [7, 11) is -3.88. The smallest absolute Gasteiger partial charge is 0.341 e. The Bertz CT molecular complexity index is 1110. The number of fused-ring (bicyclic) bond motifs is 1. The molecule has 6 nitrogen and oxygen atoms in total. The van der Waals surface area contributed by atoms with E-state index in [4.69, 9.17) is 4.74 Å². The molecule has 0 aromatic heterocycles. The van der Waals surface area contributed by atoms with E-state index < -0.39 is 39.3 Å². The van der Waals surface area contributed by atoms with Crippen molar-refractivity contribution in [2.45, 2.75) is 51.0 Å². The monoisotopic (exact) mass is 447 g/mol. The van der Waals surface area contributed by atoms with Crippen LogP contribution in [0.25, 0.3) is 0 Å². The molecule has 2 aromatic carbocycles. The lowest BCUT2D eigenvalue weighted by Crippen LogP contribution is -2.31. The second kappa shape index (κ2) is 9.28. The van der Waals surface area contributed by atoms with Crippen LogP contribution in [0.2, 0.25) is 0 Å². The van der Waals surface area contributed by atoms with Crippen molar-refractivity contribution in [3.8, 4) is 0 Å². The molecule has 2 aromatic rings. The number of esters is 1. The minimum absolute atomic E-state index is 0.206. The summed E-state index contributed by atoms with van der Waals surface area (Å²) in [6.45, 7) is 5.27. The van der Waals surface area contributed by atoms with Gasteiger partial charge in [-0.25, -0.2) is 17.6 Å². The van der Waals surface area contributed by atoms with Crippen LogP contribution in [0.3, 0.4) is 0 Å². The highest BCUT2D eigenvalue weighted by Gasteiger charge is 2.27. The summed E-state index contributed by atoms with van der Waals surface area (Å²) in [4.78, 5) is 25.1. The molecular formula is C23H26FNO5S. The van der Waals surface area contributed by atoms with Gasteiger partial charge in [-0.05, 0) is 61.6 Å². The molecule has 3 rings (SSSR count). The summed E-state index contributed by atoms with van der Waals surface area (Å²) in [5.74, 6) is -2.40. The Morgan fingerprint density at radius 3 is 2.42 bits per heavy atom.